The molecular formula is C42H26N4. The lowest BCUT2D eigenvalue weighted by molar-refractivity contribution is 1.01. The third-order valence-corrected chi connectivity index (χ3v) is 9.32. The number of hydrogen-bond acceptors (Lipinski definition) is 2. The van der Waals surface area contributed by atoms with Crippen molar-refractivity contribution in [2.45, 2.75) is 0 Å². The third-order valence-electron chi connectivity index (χ3n) is 9.32. The van der Waals surface area contributed by atoms with E-state index in [4.69, 9.17) is 9.97 Å². The summed E-state index contributed by atoms with van der Waals surface area (Å²) in [6.07, 6.45) is 0. The van der Waals surface area contributed by atoms with Crippen LogP contribution in [0.1, 0.15) is 0 Å². The Balaban J connectivity index is 1.34. The van der Waals surface area contributed by atoms with E-state index in [1.54, 1.807) is 0 Å². The van der Waals surface area contributed by atoms with Crippen LogP contribution in [-0.4, -0.2) is 19.1 Å². The molecule has 0 unspecified atom stereocenters. The zero-order valence-corrected chi connectivity index (χ0v) is 24.8. The second-order valence-electron chi connectivity index (χ2n) is 11.8. The SMILES string of the molecule is c1ccc(-n2c3ccccc3c3cc4c(cc32)c2ccccc2n4-c2nc(-c3cccc4ccccc34)c3ccccc3n2)cc1. The molecule has 3 heterocycles. The average Bonchev–Trinajstić information content (AvgIpc) is 3.62. The number of aromatic nitrogens is 4. The molecule has 3 aromatic heterocycles. The molecule has 0 bridgehead atoms. The van der Waals surface area contributed by atoms with Gasteiger partial charge in [0.2, 0.25) is 5.95 Å². The van der Waals surface area contributed by atoms with E-state index in [2.05, 4.69) is 167 Å². The van der Waals surface area contributed by atoms with Crippen molar-refractivity contribution >= 4 is 65.3 Å². The molecule has 0 radical (unpaired) electrons. The Hall–Kier alpha value is -6.26. The van der Waals surface area contributed by atoms with E-state index in [-0.39, 0.29) is 0 Å². The average molecular weight is 587 g/mol. The normalized spacial score (nSPS) is 11.9. The maximum Gasteiger partial charge on any atom is 0.235 e. The smallest absolute Gasteiger partial charge is 0.235 e. The van der Waals surface area contributed by atoms with Gasteiger partial charge in [-0.1, -0.05) is 115 Å². The lowest BCUT2D eigenvalue weighted by Gasteiger charge is -2.13. The fourth-order valence-corrected chi connectivity index (χ4v) is 7.30. The van der Waals surface area contributed by atoms with Crippen molar-refractivity contribution in [3.63, 3.8) is 0 Å². The number of para-hydroxylation sites is 4. The number of fused-ring (bicyclic) bond motifs is 8. The van der Waals surface area contributed by atoms with E-state index in [1.165, 1.54) is 43.4 Å². The Bertz CT molecular complexity index is 2800. The Morgan fingerprint density at radius 1 is 0.370 bits per heavy atom. The molecule has 10 aromatic rings. The van der Waals surface area contributed by atoms with E-state index in [9.17, 15) is 0 Å². The minimum atomic E-state index is 0.666. The minimum Gasteiger partial charge on any atom is -0.309 e. The number of nitrogens with zero attached hydrogens (tertiary/aromatic N) is 4. The van der Waals surface area contributed by atoms with Crippen LogP contribution in [0.5, 0.6) is 0 Å². The summed E-state index contributed by atoms with van der Waals surface area (Å²) >= 11 is 0. The molecule has 4 heteroatoms. The molecular weight excluding hydrogens is 560 g/mol. The van der Waals surface area contributed by atoms with Crippen LogP contribution in [0.25, 0.3) is 88.2 Å². The Labute approximate surface area is 264 Å². The predicted molar refractivity (Wildman–Crippen MR) is 191 cm³/mol. The van der Waals surface area contributed by atoms with Crippen molar-refractivity contribution in [2.75, 3.05) is 0 Å². The first-order valence-corrected chi connectivity index (χ1v) is 15.6. The highest BCUT2D eigenvalue weighted by atomic mass is 15.2. The molecule has 46 heavy (non-hydrogen) atoms. The van der Waals surface area contributed by atoms with E-state index in [0.717, 1.165) is 38.9 Å². The molecule has 0 atom stereocenters. The van der Waals surface area contributed by atoms with Gasteiger partial charge in [-0.2, -0.15) is 0 Å². The summed E-state index contributed by atoms with van der Waals surface area (Å²) in [4.78, 5) is 10.6. The fraction of sp³-hybridized carbons (Fsp3) is 0. The summed E-state index contributed by atoms with van der Waals surface area (Å²) in [5.41, 5.74) is 8.64. The molecule has 0 fully saturated rings. The van der Waals surface area contributed by atoms with Crippen molar-refractivity contribution < 1.29 is 0 Å². The topological polar surface area (TPSA) is 35.6 Å². The van der Waals surface area contributed by atoms with Gasteiger partial charge in [0.15, 0.2) is 0 Å². The van der Waals surface area contributed by atoms with Crippen LogP contribution in [0.4, 0.5) is 0 Å². The summed E-state index contributed by atoms with van der Waals surface area (Å²) in [5.74, 6) is 0.666. The largest absolute Gasteiger partial charge is 0.309 e. The van der Waals surface area contributed by atoms with Gasteiger partial charge in [0, 0.05) is 38.2 Å². The maximum absolute atomic E-state index is 5.41. The van der Waals surface area contributed by atoms with Crippen LogP contribution in [0.15, 0.2) is 158 Å². The molecule has 0 aliphatic heterocycles. The maximum atomic E-state index is 5.41. The summed E-state index contributed by atoms with van der Waals surface area (Å²) < 4.78 is 4.63. The van der Waals surface area contributed by atoms with Crippen molar-refractivity contribution in [1.29, 1.82) is 0 Å². The molecule has 4 nitrogen and oxygen atoms in total. The standard InChI is InChI=1S/C42H26N4/c1-2-15-28(16-3-1)45-37-23-10-7-18-30(37)34-26-40-35(25-39(34)45)31-19-8-11-24-38(31)46(40)42-43-36-22-9-6-20-33(36)41(44-42)32-21-12-14-27-13-4-5-17-29(27)32/h1-26H. The number of benzene rings is 7. The zero-order valence-electron chi connectivity index (χ0n) is 24.8. The highest BCUT2D eigenvalue weighted by molar-refractivity contribution is 6.19. The van der Waals surface area contributed by atoms with E-state index < -0.39 is 0 Å². The quantitative estimate of drug-likeness (QED) is 0.206. The predicted octanol–water partition coefficient (Wildman–Crippen LogP) is 10.6. The lowest BCUT2D eigenvalue weighted by Crippen LogP contribution is -2.03. The van der Waals surface area contributed by atoms with Gasteiger partial charge in [-0.3, -0.25) is 4.57 Å². The van der Waals surface area contributed by atoms with Gasteiger partial charge >= 0.3 is 0 Å². The van der Waals surface area contributed by atoms with Crippen LogP contribution in [0.3, 0.4) is 0 Å². The van der Waals surface area contributed by atoms with Gasteiger partial charge in [-0.05, 0) is 53.2 Å². The van der Waals surface area contributed by atoms with Crippen LogP contribution in [-0.2, 0) is 0 Å². The molecule has 0 N–H and O–H groups in total. The second kappa shape index (κ2) is 9.62. The van der Waals surface area contributed by atoms with Crippen LogP contribution in [0.2, 0.25) is 0 Å². The molecule has 0 aliphatic rings. The second-order valence-corrected chi connectivity index (χ2v) is 11.8. The molecule has 0 saturated heterocycles. The van der Waals surface area contributed by atoms with Crippen molar-refractivity contribution in [3.05, 3.63) is 158 Å². The first kappa shape index (κ1) is 25.1. The van der Waals surface area contributed by atoms with Crippen molar-refractivity contribution in [1.82, 2.24) is 19.1 Å². The van der Waals surface area contributed by atoms with Gasteiger partial charge in [-0.25, -0.2) is 9.97 Å². The minimum absolute atomic E-state index is 0.666. The van der Waals surface area contributed by atoms with Gasteiger partial charge < -0.3 is 4.57 Å². The van der Waals surface area contributed by atoms with Crippen LogP contribution in [0, 0.1) is 0 Å². The summed E-state index contributed by atoms with van der Waals surface area (Å²) in [5, 5.41) is 8.17. The van der Waals surface area contributed by atoms with Crippen LogP contribution >= 0.6 is 0 Å². The highest BCUT2D eigenvalue weighted by Crippen LogP contribution is 2.40. The van der Waals surface area contributed by atoms with Crippen molar-refractivity contribution in [3.8, 4) is 22.9 Å². The summed E-state index contributed by atoms with van der Waals surface area (Å²) in [7, 11) is 0. The molecule has 7 aromatic carbocycles. The Kier molecular flexibility index (Phi) is 5.25. The zero-order chi connectivity index (χ0) is 30.2. The highest BCUT2D eigenvalue weighted by Gasteiger charge is 2.21. The summed E-state index contributed by atoms with van der Waals surface area (Å²) in [6, 6.07) is 55.9. The fourth-order valence-electron chi connectivity index (χ4n) is 7.30. The number of rotatable bonds is 3. The van der Waals surface area contributed by atoms with Gasteiger partial charge in [0.1, 0.15) is 0 Å². The van der Waals surface area contributed by atoms with Gasteiger partial charge in [-0.15, -0.1) is 0 Å². The molecule has 0 aliphatic carbocycles. The van der Waals surface area contributed by atoms with E-state index in [1.807, 2.05) is 0 Å². The first-order chi connectivity index (χ1) is 22.8. The molecule has 0 saturated carbocycles. The monoisotopic (exact) mass is 586 g/mol. The Morgan fingerprint density at radius 2 is 0.935 bits per heavy atom. The van der Waals surface area contributed by atoms with E-state index >= 15 is 0 Å². The van der Waals surface area contributed by atoms with Gasteiger partial charge in [0.05, 0.1) is 33.3 Å². The van der Waals surface area contributed by atoms with Crippen molar-refractivity contribution in [2.24, 2.45) is 0 Å². The first-order valence-electron chi connectivity index (χ1n) is 15.6. The molecule has 0 spiro atoms. The Morgan fingerprint density at radius 3 is 1.70 bits per heavy atom. The van der Waals surface area contributed by atoms with Crippen LogP contribution < -0.4 is 0 Å². The van der Waals surface area contributed by atoms with E-state index in [0.29, 0.717) is 5.95 Å². The van der Waals surface area contributed by atoms with Gasteiger partial charge in [0.25, 0.3) is 0 Å². The lowest BCUT2D eigenvalue weighted by atomic mass is 9.99. The number of hydrogen-bond donors (Lipinski definition) is 0. The molecule has 214 valence electrons. The molecule has 10 rings (SSSR count). The summed E-state index contributed by atoms with van der Waals surface area (Å²) in [6.45, 7) is 0. The third kappa shape index (κ3) is 3.55. The molecule has 0 amide bonds.